The van der Waals surface area contributed by atoms with Gasteiger partial charge in [0.2, 0.25) is 0 Å². The van der Waals surface area contributed by atoms with Crippen LogP contribution in [0.25, 0.3) is 0 Å². The van der Waals surface area contributed by atoms with Crippen molar-refractivity contribution in [2.75, 3.05) is 26.7 Å². The summed E-state index contributed by atoms with van der Waals surface area (Å²) in [6, 6.07) is 0.732. The maximum atomic E-state index is 3.66. The minimum Gasteiger partial charge on any atom is -0.313 e. The van der Waals surface area contributed by atoms with E-state index in [1.54, 1.807) is 0 Å². The molecule has 2 heteroatoms. The molecule has 96 valence electrons. The van der Waals surface area contributed by atoms with Gasteiger partial charge in [-0.1, -0.05) is 27.2 Å². The van der Waals surface area contributed by atoms with Gasteiger partial charge in [0.25, 0.3) is 0 Å². The Morgan fingerprint density at radius 3 is 2.75 bits per heavy atom. The zero-order chi connectivity index (χ0) is 12.0. The standard InChI is InChI=1S/C14H30N2/c1-5-13-6-8-15-14(10-13)11-16(4)9-7-12(2)3/h12-15H,5-11H2,1-4H3. The molecule has 1 rings (SSSR count). The van der Waals surface area contributed by atoms with Crippen molar-refractivity contribution in [3.63, 3.8) is 0 Å². The quantitative estimate of drug-likeness (QED) is 0.749. The van der Waals surface area contributed by atoms with Crippen molar-refractivity contribution in [1.29, 1.82) is 0 Å². The third-order valence-corrected chi connectivity index (χ3v) is 3.80. The summed E-state index contributed by atoms with van der Waals surface area (Å²) >= 11 is 0. The van der Waals surface area contributed by atoms with Gasteiger partial charge < -0.3 is 10.2 Å². The molecule has 0 aliphatic carbocycles. The average molecular weight is 226 g/mol. The Kier molecular flexibility index (Phi) is 6.37. The van der Waals surface area contributed by atoms with Gasteiger partial charge >= 0.3 is 0 Å². The number of nitrogens with zero attached hydrogens (tertiary/aromatic N) is 1. The molecule has 0 saturated carbocycles. The molecule has 1 aliphatic heterocycles. The molecule has 1 aliphatic rings. The van der Waals surface area contributed by atoms with E-state index in [2.05, 4.69) is 38.0 Å². The number of rotatable bonds is 6. The first kappa shape index (κ1) is 14.0. The second-order valence-electron chi connectivity index (χ2n) is 5.89. The fourth-order valence-electron chi connectivity index (χ4n) is 2.55. The molecule has 0 aromatic heterocycles. The first-order valence-corrected chi connectivity index (χ1v) is 7.03. The maximum Gasteiger partial charge on any atom is 0.0197 e. The van der Waals surface area contributed by atoms with Gasteiger partial charge in [-0.3, -0.25) is 0 Å². The molecule has 1 N–H and O–H groups in total. The molecular formula is C14H30N2. The Bertz CT molecular complexity index is 180. The lowest BCUT2D eigenvalue weighted by Crippen LogP contribution is -2.45. The molecule has 2 unspecified atom stereocenters. The summed E-state index contributed by atoms with van der Waals surface area (Å²) < 4.78 is 0. The van der Waals surface area contributed by atoms with Crippen molar-refractivity contribution in [3.8, 4) is 0 Å². The third kappa shape index (κ3) is 5.31. The van der Waals surface area contributed by atoms with Crippen LogP contribution in [0.1, 0.15) is 46.5 Å². The van der Waals surface area contributed by atoms with Crippen LogP contribution in [0.5, 0.6) is 0 Å². The molecule has 0 bridgehead atoms. The van der Waals surface area contributed by atoms with E-state index >= 15 is 0 Å². The fourth-order valence-corrected chi connectivity index (χ4v) is 2.55. The van der Waals surface area contributed by atoms with Crippen LogP contribution in [-0.4, -0.2) is 37.6 Å². The molecule has 0 spiro atoms. The van der Waals surface area contributed by atoms with Crippen LogP contribution in [0.3, 0.4) is 0 Å². The first-order valence-electron chi connectivity index (χ1n) is 7.03. The van der Waals surface area contributed by atoms with Crippen molar-refractivity contribution in [3.05, 3.63) is 0 Å². The zero-order valence-electron chi connectivity index (χ0n) is 11.6. The predicted molar refractivity (Wildman–Crippen MR) is 71.8 cm³/mol. The van der Waals surface area contributed by atoms with E-state index in [0.29, 0.717) is 0 Å². The van der Waals surface area contributed by atoms with Gasteiger partial charge in [0.1, 0.15) is 0 Å². The van der Waals surface area contributed by atoms with Crippen LogP contribution >= 0.6 is 0 Å². The minimum atomic E-state index is 0.732. The molecule has 0 radical (unpaired) electrons. The summed E-state index contributed by atoms with van der Waals surface area (Å²) in [6.45, 7) is 10.6. The van der Waals surface area contributed by atoms with Crippen molar-refractivity contribution in [1.82, 2.24) is 10.2 Å². The molecular weight excluding hydrogens is 196 g/mol. The van der Waals surface area contributed by atoms with Crippen LogP contribution in [0.2, 0.25) is 0 Å². The average Bonchev–Trinajstić information content (AvgIpc) is 2.26. The minimum absolute atomic E-state index is 0.732. The number of piperidine rings is 1. The van der Waals surface area contributed by atoms with Crippen LogP contribution in [0, 0.1) is 11.8 Å². The molecule has 1 fully saturated rings. The molecule has 0 amide bonds. The summed E-state index contributed by atoms with van der Waals surface area (Å²) in [5, 5.41) is 3.66. The van der Waals surface area contributed by atoms with Crippen LogP contribution in [0.4, 0.5) is 0 Å². The molecule has 1 heterocycles. The first-order chi connectivity index (χ1) is 7.61. The highest BCUT2D eigenvalue weighted by atomic mass is 15.1. The largest absolute Gasteiger partial charge is 0.313 e. The molecule has 0 aromatic rings. The van der Waals surface area contributed by atoms with Crippen LogP contribution < -0.4 is 5.32 Å². The lowest BCUT2D eigenvalue weighted by molar-refractivity contribution is 0.218. The monoisotopic (exact) mass is 226 g/mol. The molecule has 1 saturated heterocycles. The van der Waals surface area contributed by atoms with E-state index in [0.717, 1.165) is 17.9 Å². The lowest BCUT2D eigenvalue weighted by Gasteiger charge is -2.32. The number of likely N-dealkylation sites (N-methyl/N-ethyl adjacent to an activating group) is 1. The zero-order valence-corrected chi connectivity index (χ0v) is 11.6. The van der Waals surface area contributed by atoms with E-state index in [4.69, 9.17) is 0 Å². The summed E-state index contributed by atoms with van der Waals surface area (Å²) in [7, 11) is 2.26. The summed E-state index contributed by atoms with van der Waals surface area (Å²) in [6.07, 6.45) is 5.43. The van der Waals surface area contributed by atoms with Gasteiger partial charge in [0, 0.05) is 12.6 Å². The highest BCUT2D eigenvalue weighted by molar-refractivity contribution is 4.79. The predicted octanol–water partition coefficient (Wildman–Crippen LogP) is 2.74. The third-order valence-electron chi connectivity index (χ3n) is 3.80. The summed E-state index contributed by atoms with van der Waals surface area (Å²) in [4.78, 5) is 2.50. The second kappa shape index (κ2) is 7.29. The van der Waals surface area contributed by atoms with E-state index < -0.39 is 0 Å². The van der Waals surface area contributed by atoms with Crippen molar-refractivity contribution < 1.29 is 0 Å². The van der Waals surface area contributed by atoms with E-state index in [-0.39, 0.29) is 0 Å². The Hall–Kier alpha value is -0.0800. The van der Waals surface area contributed by atoms with Crippen LogP contribution in [-0.2, 0) is 0 Å². The van der Waals surface area contributed by atoms with Crippen molar-refractivity contribution >= 4 is 0 Å². The number of nitrogens with one attached hydrogen (secondary N) is 1. The molecule has 16 heavy (non-hydrogen) atoms. The molecule has 0 aromatic carbocycles. The second-order valence-corrected chi connectivity index (χ2v) is 5.89. The van der Waals surface area contributed by atoms with Crippen molar-refractivity contribution in [2.45, 2.75) is 52.5 Å². The van der Waals surface area contributed by atoms with Gasteiger partial charge in [-0.2, -0.15) is 0 Å². The number of hydrogen-bond acceptors (Lipinski definition) is 2. The van der Waals surface area contributed by atoms with E-state index in [1.165, 1.54) is 45.3 Å². The summed E-state index contributed by atoms with van der Waals surface area (Å²) in [5.74, 6) is 1.79. The van der Waals surface area contributed by atoms with Crippen LogP contribution in [0.15, 0.2) is 0 Å². The Morgan fingerprint density at radius 2 is 2.12 bits per heavy atom. The Morgan fingerprint density at radius 1 is 1.38 bits per heavy atom. The Balaban J connectivity index is 2.19. The SMILES string of the molecule is CCC1CCNC(CN(C)CCC(C)C)C1. The van der Waals surface area contributed by atoms with Crippen molar-refractivity contribution in [2.24, 2.45) is 11.8 Å². The van der Waals surface area contributed by atoms with Gasteiger partial charge in [0.15, 0.2) is 0 Å². The van der Waals surface area contributed by atoms with Gasteiger partial charge in [-0.05, 0) is 51.2 Å². The summed E-state index contributed by atoms with van der Waals surface area (Å²) in [5.41, 5.74) is 0. The maximum absolute atomic E-state index is 3.66. The molecule has 2 atom stereocenters. The highest BCUT2D eigenvalue weighted by Gasteiger charge is 2.20. The van der Waals surface area contributed by atoms with E-state index in [1.807, 2.05) is 0 Å². The van der Waals surface area contributed by atoms with Gasteiger partial charge in [-0.25, -0.2) is 0 Å². The normalized spacial score (nSPS) is 26.6. The topological polar surface area (TPSA) is 15.3 Å². The van der Waals surface area contributed by atoms with Gasteiger partial charge in [0.05, 0.1) is 0 Å². The van der Waals surface area contributed by atoms with E-state index in [9.17, 15) is 0 Å². The molecule has 2 nitrogen and oxygen atoms in total. The fraction of sp³-hybridized carbons (Fsp3) is 1.00. The van der Waals surface area contributed by atoms with Gasteiger partial charge in [-0.15, -0.1) is 0 Å². The lowest BCUT2D eigenvalue weighted by atomic mass is 9.90. The number of hydrogen-bond donors (Lipinski definition) is 1. The smallest absolute Gasteiger partial charge is 0.0197 e. The highest BCUT2D eigenvalue weighted by Crippen LogP contribution is 2.19. The Labute approximate surface area is 102 Å².